The van der Waals surface area contributed by atoms with Gasteiger partial charge in [-0.1, -0.05) is 11.2 Å². The number of carboxylic acid groups (broad SMARTS) is 1. The fraction of sp³-hybridized carbons (Fsp3) is 0.200. The number of aliphatic carboxylic acids is 1. The van der Waals surface area contributed by atoms with Crippen molar-refractivity contribution in [1.82, 2.24) is 20.4 Å². The maximum absolute atomic E-state index is 10.3. The molecule has 0 fully saturated rings. The molecule has 7 nitrogen and oxygen atoms in total. The highest BCUT2D eigenvalue weighted by atomic mass is 16.5. The Morgan fingerprint density at radius 1 is 1.47 bits per heavy atom. The molecule has 0 radical (unpaired) electrons. The highest BCUT2D eigenvalue weighted by Gasteiger charge is 2.09. The zero-order valence-corrected chi connectivity index (χ0v) is 8.83. The maximum atomic E-state index is 10.3. The van der Waals surface area contributed by atoms with Crippen molar-refractivity contribution in [3.8, 4) is 11.5 Å². The average molecular weight is 234 g/mol. The molecule has 0 aliphatic rings. The summed E-state index contributed by atoms with van der Waals surface area (Å²) in [4.78, 5) is 18.4. The summed E-state index contributed by atoms with van der Waals surface area (Å²) in [7, 11) is 0. The predicted molar refractivity (Wildman–Crippen MR) is 56.9 cm³/mol. The Bertz CT molecular complexity index is 497. The van der Waals surface area contributed by atoms with Crippen LogP contribution in [0.4, 0.5) is 0 Å². The third-order valence-electron chi connectivity index (χ3n) is 1.91. The van der Waals surface area contributed by atoms with Gasteiger partial charge in [-0.2, -0.15) is 4.98 Å². The number of nitrogens with one attached hydrogen (secondary N) is 1. The van der Waals surface area contributed by atoms with Crippen molar-refractivity contribution < 1.29 is 14.4 Å². The number of pyridine rings is 1. The minimum Gasteiger partial charge on any atom is -0.480 e. The summed E-state index contributed by atoms with van der Waals surface area (Å²) >= 11 is 0. The molecule has 0 spiro atoms. The summed E-state index contributed by atoms with van der Waals surface area (Å²) in [5.41, 5.74) is 0.612. The number of aromatic nitrogens is 3. The molecule has 17 heavy (non-hydrogen) atoms. The molecule has 2 aromatic heterocycles. The number of hydrogen-bond acceptors (Lipinski definition) is 6. The van der Waals surface area contributed by atoms with Crippen LogP contribution in [0.5, 0.6) is 0 Å². The van der Waals surface area contributed by atoms with Crippen molar-refractivity contribution in [3.63, 3.8) is 0 Å². The first kappa shape index (κ1) is 11.2. The first-order valence-corrected chi connectivity index (χ1v) is 4.92. The van der Waals surface area contributed by atoms with Crippen molar-refractivity contribution in [2.75, 3.05) is 6.54 Å². The Hall–Kier alpha value is -2.28. The smallest absolute Gasteiger partial charge is 0.317 e. The van der Waals surface area contributed by atoms with E-state index in [0.29, 0.717) is 17.4 Å². The standard InChI is InChI=1S/C10H10N4O3/c15-9(16)6-11-5-8-13-10(14-17-8)7-3-1-2-4-12-7/h1-4,11H,5-6H2,(H,15,16). The Labute approximate surface area is 96.5 Å². The van der Waals surface area contributed by atoms with E-state index in [1.807, 2.05) is 6.07 Å². The highest BCUT2D eigenvalue weighted by molar-refractivity contribution is 5.68. The van der Waals surface area contributed by atoms with Gasteiger partial charge < -0.3 is 9.63 Å². The van der Waals surface area contributed by atoms with Crippen molar-refractivity contribution in [3.05, 3.63) is 30.3 Å². The van der Waals surface area contributed by atoms with E-state index in [0.717, 1.165) is 0 Å². The fourth-order valence-corrected chi connectivity index (χ4v) is 1.20. The van der Waals surface area contributed by atoms with Crippen LogP contribution in [-0.4, -0.2) is 32.7 Å². The van der Waals surface area contributed by atoms with Gasteiger partial charge in [-0.15, -0.1) is 0 Å². The molecule has 0 aromatic carbocycles. The van der Waals surface area contributed by atoms with Gasteiger partial charge in [0.05, 0.1) is 13.1 Å². The number of carbonyl (C=O) groups is 1. The Balaban J connectivity index is 1.99. The summed E-state index contributed by atoms with van der Waals surface area (Å²) < 4.78 is 4.94. The summed E-state index contributed by atoms with van der Waals surface area (Å²) in [5, 5.41) is 14.8. The molecule has 0 atom stereocenters. The van der Waals surface area contributed by atoms with Crippen molar-refractivity contribution in [2.24, 2.45) is 0 Å². The zero-order chi connectivity index (χ0) is 12.1. The van der Waals surface area contributed by atoms with Crippen molar-refractivity contribution in [1.29, 1.82) is 0 Å². The Kier molecular flexibility index (Phi) is 3.41. The van der Waals surface area contributed by atoms with E-state index in [-0.39, 0.29) is 13.1 Å². The lowest BCUT2D eigenvalue weighted by Crippen LogP contribution is -2.21. The number of rotatable bonds is 5. The average Bonchev–Trinajstić information content (AvgIpc) is 2.78. The summed E-state index contributed by atoms with van der Waals surface area (Å²) in [5.74, 6) is -0.223. The van der Waals surface area contributed by atoms with Gasteiger partial charge in [0, 0.05) is 6.20 Å². The Morgan fingerprint density at radius 2 is 2.35 bits per heavy atom. The number of hydrogen-bond donors (Lipinski definition) is 2. The molecule has 0 amide bonds. The molecule has 0 saturated carbocycles. The quantitative estimate of drug-likeness (QED) is 0.767. The first-order chi connectivity index (χ1) is 8.25. The van der Waals surface area contributed by atoms with E-state index >= 15 is 0 Å². The molecule has 0 bridgehead atoms. The van der Waals surface area contributed by atoms with Crippen LogP contribution in [0.15, 0.2) is 28.9 Å². The molecule has 0 saturated heterocycles. The third kappa shape index (κ3) is 3.08. The van der Waals surface area contributed by atoms with Crippen LogP contribution in [0.3, 0.4) is 0 Å². The van der Waals surface area contributed by atoms with Crippen LogP contribution in [0.25, 0.3) is 11.5 Å². The summed E-state index contributed by atoms with van der Waals surface area (Å²) in [6.45, 7) is 0.0629. The van der Waals surface area contributed by atoms with Gasteiger partial charge in [-0.25, -0.2) is 0 Å². The van der Waals surface area contributed by atoms with Crippen molar-refractivity contribution >= 4 is 5.97 Å². The highest BCUT2D eigenvalue weighted by Crippen LogP contribution is 2.11. The normalized spacial score (nSPS) is 10.4. The van der Waals surface area contributed by atoms with E-state index in [1.165, 1.54) is 0 Å². The topological polar surface area (TPSA) is 101 Å². The SMILES string of the molecule is O=C(O)CNCc1nc(-c2ccccn2)no1. The van der Waals surface area contributed by atoms with E-state index in [1.54, 1.807) is 18.3 Å². The molecule has 2 N–H and O–H groups in total. The zero-order valence-electron chi connectivity index (χ0n) is 8.83. The minimum absolute atomic E-state index is 0.151. The van der Waals surface area contributed by atoms with Crippen molar-refractivity contribution in [2.45, 2.75) is 6.54 Å². The Morgan fingerprint density at radius 3 is 3.06 bits per heavy atom. The molecular weight excluding hydrogens is 224 g/mol. The minimum atomic E-state index is -0.936. The van der Waals surface area contributed by atoms with Gasteiger partial charge in [-0.05, 0) is 12.1 Å². The second-order valence-electron chi connectivity index (χ2n) is 3.22. The third-order valence-corrected chi connectivity index (χ3v) is 1.91. The van der Waals surface area contributed by atoms with Crippen LogP contribution >= 0.6 is 0 Å². The molecule has 0 aliphatic heterocycles. The monoisotopic (exact) mass is 234 g/mol. The van der Waals surface area contributed by atoms with Crippen LogP contribution in [0.1, 0.15) is 5.89 Å². The lowest BCUT2D eigenvalue weighted by molar-refractivity contribution is -0.136. The fourth-order valence-electron chi connectivity index (χ4n) is 1.20. The van der Waals surface area contributed by atoms with Gasteiger partial charge in [0.25, 0.3) is 0 Å². The van der Waals surface area contributed by atoms with Gasteiger partial charge in [0.15, 0.2) is 0 Å². The molecular formula is C10H10N4O3. The van der Waals surface area contributed by atoms with Crippen LogP contribution in [0, 0.1) is 0 Å². The maximum Gasteiger partial charge on any atom is 0.317 e. The first-order valence-electron chi connectivity index (χ1n) is 4.92. The summed E-state index contributed by atoms with van der Waals surface area (Å²) in [6.07, 6.45) is 1.63. The number of carboxylic acids is 1. The summed E-state index contributed by atoms with van der Waals surface area (Å²) in [6, 6.07) is 5.37. The van der Waals surface area contributed by atoms with Gasteiger partial charge in [0.2, 0.25) is 11.7 Å². The molecule has 2 heterocycles. The molecule has 0 aliphatic carbocycles. The molecule has 0 unspecified atom stereocenters. The number of nitrogens with zero attached hydrogens (tertiary/aromatic N) is 3. The van der Waals surface area contributed by atoms with E-state index < -0.39 is 5.97 Å². The van der Waals surface area contributed by atoms with Gasteiger partial charge >= 0.3 is 5.97 Å². The van der Waals surface area contributed by atoms with Gasteiger partial charge in [0.1, 0.15) is 5.69 Å². The molecule has 88 valence electrons. The van der Waals surface area contributed by atoms with E-state index in [9.17, 15) is 4.79 Å². The van der Waals surface area contributed by atoms with Gasteiger partial charge in [-0.3, -0.25) is 15.1 Å². The van der Waals surface area contributed by atoms with E-state index in [4.69, 9.17) is 9.63 Å². The predicted octanol–water partition coefficient (Wildman–Crippen LogP) is 0.306. The lowest BCUT2D eigenvalue weighted by Gasteiger charge is -1.94. The van der Waals surface area contributed by atoms with Crippen LogP contribution < -0.4 is 5.32 Å². The second kappa shape index (κ2) is 5.17. The lowest BCUT2D eigenvalue weighted by atomic mass is 10.3. The van der Waals surface area contributed by atoms with Crippen LogP contribution in [-0.2, 0) is 11.3 Å². The largest absolute Gasteiger partial charge is 0.480 e. The van der Waals surface area contributed by atoms with E-state index in [2.05, 4.69) is 20.4 Å². The molecule has 7 heteroatoms. The molecule has 2 aromatic rings. The molecule has 2 rings (SSSR count). The second-order valence-corrected chi connectivity index (χ2v) is 3.22. The van der Waals surface area contributed by atoms with Crippen LogP contribution in [0.2, 0.25) is 0 Å².